The minimum atomic E-state index is -0.0488. The van der Waals surface area contributed by atoms with Gasteiger partial charge in [0, 0.05) is 23.7 Å². The van der Waals surface area contributed by atoms with Gasteiger partial charge in [-0.2, -0.15) is 0 Å². The van der Waals surface area contributed by atoms with E-state index in [-0.39, 0.29) is 18.5 Å². The summed E-state index contributed by atoms with van der Waals surface area (Å²) < 4.78 is 0. The summed E-state index contributed by atoms with van der Waals surface area (Å²) in [6.45, 7) is 1.94. The maximum Gasteiger partial charge on any atom is 0.173 e. The predicted molar refractivity (Wildman–Crippen MR) is 75.7 cm³/mol. The maximum atomic E-state index is 9.22. The standard InChI is InChI=1S/C12H19N3O2S/c1-8(7-16)15(2)9-5-4-6-10(18-3)11(9)12(13)14-17/h4-6,8,16-17H,7H2,1-3H3,(H2,13,14). The maximum absolute atomic E-state index is 9.22. The molecular weight excluding hydrogens is 250 g/mol. The van der Waals surface area contributed by atoms with Crippen molar-refractivity contribution in [3.8, 4) is 0 Å². The molecule has 18 heavy (non-hydrogen) atoms. The van der Waals surface area contributed by atoms with Crippen molar-refractivity contribution >= 4 is 23.3 Å². The van der Waals surface area contributed by atoms with E-state index in [1.54, 1.807) is 0 Å². The molecule has 0 amide bonds. The van der Waals surface area contributed by atoms with Crippen molar-refractivity contribution in [1.82, 2.24) is 0 Å². The summed E-state index contributed by atoms with van der Waals surface area (Å²) in [7, 11) is 1.87. The highest BCUT2D eigenvalue weighted by atomic mass is 32.2. The molecule has 0 saturated heterocycles. The molecule has 0 aromatic heterocycles. The fourth-order valence-electron chi connectivity index (χ4n) is 1.65. The lowest BCUT2D eigenvalue weighted by atomic mass is 10.1. The summed E-state index contributed by atoms with van der Waals surface area (Å²) in [6.07, 6.45) is 1.93. The van der Waals surface area contributed by atoms with Crippen LogP contribution in [-0.4, -0.2) is 42.1 Å². The Labute approximate surface area is 111 Å². The van der Waals surface area contributed by atoms with E-state index < -0.39 is 0 Å². The number of amidine groups is 1. The summed E-state index contributed by atoms with van der Waals surface area (Å²) in [5.41, 5.74) is 7.27. The minimum absolute atomic E-state index is 0.0373. The van der Waals surface area contributed by atoms with Gasteiger partial charge in [0.15, 0.2) is 5.84 Å². The van der Waals surface area contributed by atoms with Gasteiger partial charge in [-0.3, -0.25) is 0 Å². The molecule has 0 saturated carbocycles. The Hall–Kier alpha value is -1.40. The molecule has 0 fully saturated rings. The lowest BCUT2D eigenvalue weighted by Crippen LogP contribution is -2.33. The second kappa shape index (κ2) is 6.51. The quantitative estimate of drug-likeness (QED) is 0.247. The molecule has 0 spiro atoms. The highest BCUT2D eigenvalue weighted by molar-refractivity contribution is 7.98. The number of thioether (sulfide) groups is 1. The molecule has 0 heterocycles. The van der Waals surface area contributed by atoms with Gasteiger partial charge in [0.1, 0.15) is 0 Å². The number of rotatable bonds is 5. The van der Waals surface area contributed by atoms with Gasteiger partial charge in [-0.25, -0.2) is 0 Å². The number of nitrogens with two attached hydrogens (primary N) is 1. The van der Waals surface area contributed by atoms with Gasteiger partial charge in [-0.05, 0) is 25.3 Å². The molecule has 5 nitrogen and oxygen atoms in total. The van der Waals surface area contributed by atoms with E-state index in [1.807, 2.05) is 43.3 Å². The van der Waals surface area contributed by atoms with E-state index in [9.17, 15) is 5.11 Å². The van der Waals surface area contributed by atoms with Crippen LogP contribution in [0.4, 0.5) is 5.69 Å². The molecule has 0 aliphatic rings. The van der Waals surface area contributed by atoms with Crippen molar-refractivity contribution in [3.05, 3.63) is 23.8 Å². The molecular formula is C12H19N3O2S. The Morgan fingerprint density at radius 2 is 2.22 bits per heavy atom. The summed E-state index contributed by atoms with van der Waals surface area (Å²) in [4.78, 5) is 2.84. The summed E-state index contributed by atoms with van der Waals surface area (Å²) in [5, 5.41) is 21.2. The molecule has 0 aliphatic heterocycles. The van der Waals surface area contributed by atoms with Crippen molar-refractivity contribution in [2.45, 2.75) is 17.9 Å². The SMILES string of the molecule is CSc1cccc(N(C)C(C)CO)c1/C(N)=N/O. The molecule has 1 aromatic carbocycles. The number of anilines is 1. The van der Waals surface area contributed by atoms with Gasteiger partial charge in [-0.1, -0.05) is 11.2 Å². The number of aliphatic hydroxyl groups is 1. The van der Waals surface area contributed by atoms with Crippen LogP contribution in [0.2, 0.25) is 0 Å². The van der Waals surface area contributed by atoms with Crippen molar-refractivity contribution in [2.75, 3.05) is 24.8 Å². The van der Waals surface area contributed by atoms with Crippen LogP contribution in [0.25, 0.3) is 0 Å². The Kier molecular flexibility index (Phi) is 5.30. The topological polar surface area (TPSA) is 82.1 Å². The molecule has 1 rings (SSSR count). The van der Waals surface area contributed by atoms with Crippen LogP contribution in [0.15, 0.2) is 28.3 Å². The zero-order chi connectivity index (χ0) is 13.7. The van der Waals surface area contributed by atoms with Gasteiger partial charge in [-0.15, -0.1) is 11.8 Å². The molecule has 4 N–H and O–H groups in total. The van der Waals surface area contributed by atoms with Crippen LogP contribution in [0.5, 0.6) is 0 Å². The smallest absolute Gasteiger partial charge is 0.173 e. The third kappa shape index (κ3) is 2.88. The van der Waals surface area contributed by atoms with Gasteiger partial charge in [0.05, 0.1) is 12.2 Å². The lowest BCUT2D eigenvalue weighted by molar-refractivity contribution is 0.270. The average Bonchev–Trinajstić information content (AvgIpc) is 2.43. The van der Waals surface area contributed by atoms with Crippen LogP contribution < -0.4 is 10.6 Å². The van der Waals surface area contributed by atoms with Crippen LogP contribution in [0.3, 0.4) is 0 Å². The number of nitrogens with zero attached hydrogens (tertiary/aromatic N) is 2. The van der Waals surface area contributed by atoms with E-state index in [4.69, 9.17) is 10.9 Å². The molecule has 0 bridgehead atoms. The van der Waals surface area contributed by atoms with Gasteiger partial charge < -0.3 is 20.9 Å². The lowest BCUT2D eigenvalue weighted by Gasteiger charge is -2.28. The summed E-state index contributed by atoms with van der Waals surface area (Å²) in [5.74, 6) is 0.0759. The number of oxime groups is 1. The number of hydrogen-bond acceptors (Lipinski definition) is 5. The van der Waals surface area contributed by atoms with E-state index in [0.29, 0.717) is 5.56 Å². The van der Waals surface area contributed by atoms with Gasteiger partial charge in [0.2, 0.25) is 0 Å². The summed E-state index contributed by atoms with van der Waals surface area (Å²) >= 11 is 1.53. The van der Waals surface area contributed by atoms with E-state index in [2.05, 4.69) is 5.16 Å². The first kappa shape index (κ1) is 14.7. The Morgan fingerprint density at radius 1 is 1.56 bits per heavy atom. The van der Waals surface area contributed by atoms with Crippen LogP contribution >= 0.6 is 11.8 Å². The normalized spacial score (nSPS) is 13.4. The van der Waals surface area contributed by atoms with Crippen LogP contribution in [-0.2, 0) is 0 Å². The fraction of sp³-hybridized carbons (Fsp3) is 0.417. The average molecular weight is 269 g/mol. The molecule has 0 aliphatic carbocycles. The second-order valence-corrected chi connectivity index (χ2v) is 4.83. The fourth-order valence-corrected chi connectivity index (χ4v) is 2.28. The third-order valence-corrected chi connectivity index (χ3v) is 3.67. The first-order valence-electron chi connectivity index (χ1n) is 5.55. The van der Waals surface area contributed by atoms with Gasteiger partial charge >= 0.3 is 0 Å². The minimum Gasteiger partial charge on any atom is -0.409 e. The number of aliphatic hydroxyl groups excluding tert-OH is 1. The summed E-state index contributed by atoms with van der Waals surface area (Å²) in [6, 6.07) is 5.67. The number of likely N-dealkylation sites (N-methyl/N-ethyl adjacent to an activating group) is 1. The highest BCUT2D eigenvalue weighted by Gasteiger charge is 2.18. The molecule has 1 atom stereocenters. The van der Waals surface area contributed by atoms with Crippen molar-refractivity contribution in [3.63, 3.8) is 0 Å². The number of benzene rings is 1. The first-order valence-corrected chi connectivity index (χ1v) is 6.77. The number of hydrogen-bond donors (Lipinski definition) is 3. The Balaban J connectivity index is 3.35. The first-order chi connectivity index (χ1) is 8.56. The van der Waals surface area contributed by atoms with Crippen LogP contribution in [0.1, 0.15) is 12.5 Å². The molecule has 1 aromatic rings. The zero-order valence-electron chi connectivity index (χ0n) is 10.8. The van der Waals surface area contributed by atoms with E-state index in [1.165, 1.54) is 11.8 Å². The molecule has 0 radical (unpaired) electrons. The largest absolute Gasteiger partial charge is 0.409 e. The molecule has 1 unspecified atom stereocenters. The van der Waals surface area contributed by atoms with Crippen molar-refractivity contribution in [1.29, 1.82) is 0 Å². The highest BCUT2D eigenvalue weighted by Crippen LogP contribution is 2.29. The van der Waals surface area contributed by atoms with E-state index in [0.717, 1.165) is 10.6 Å². The predicted octanol–water partition coefficient (Wildman–Crippen LogP) is 1.32. The van der Waals surface area contributed by atoms with Crippen molar-refractivity contribution < 1.29 is 10.3 Å². The molecule has 100 valence electrons. The second-order valence-electron chi connectivity index (χ2n) is 3.98. The molecule has 6 heteroatoms. The van der Waals surface area contributed by atoms with E-state index >= 15 is 0 Å². The third-order valence-electron chi connectivity index (χ3n) is 2.89. The zero-order valence-corrected chi connectivity index (χ0v) is 11.6. The van der Waals surface area contributed by atoms with Crippen LogP contribution in [0, 0.1) is 0 Å². The Morgan fingerprint density at radius 3 is 2.72 bits per heavy atom. The van der Waals surface area contributed by atoms with Gasteiger partial charge in [0.25, 0.3) is 0 Å². The van der Waals surface area contributed by atoms with Crippen molar-refractivity contribution in [2.24, 2.45) is 10.9 Å². The Bertz CT molecular complexity index is 437. The monoisotopic (exact) mass is 269 g/mol.